The maximum atomic E-state index is 10.9. The van der Waals surface area contributed by atoms with Crippen molar-refractivity contribution in [2.75, 3.05) is 6.61 Å². The molecule has 130 valence electrons. The summed E-state index contributed by atoms with van der Waals surface area (Å²) in [5.74, 6) is 0.645. The van der Waals surface area contributed by atoms with Crippen LogP contribution in [0.1, 0.15) is 63.7 Å². The van der Waals surface area contributed by atoms with E-state index in [1.54, 1.807) is 6.07 Å². The molecule has 1 rings (SSSR count). The summed E-state index contributed by atoms with van der Waals surface area (Å²) in [4.78, 5) is 10.9. The van der Waals surface area contributed by atoms with Crippen LogP contribution in [0.4, 0.5) is 0 Å². The zero-order valence-corrected chi connectivity index (χ0v) is 15.5. The van der Waals surface area contributed by atoms with Gasteiger partial charge in [-0.05, 0) is 71.6 Å². The molecule has 0 spiro atoms. The van der Waals surface area contributed by atoms with Gasteiger partial charge in [0.15, 0.2) is 6.29 Å². The van der Waals surface area contributed by atoms with E-state index in [4.69, 9.17) is 4.74 Å². The number of hydrogen-bond acceptors (Lipinski definition) is 2. The van der Waals surface area contributed by atoms with Gasteiger partial charge in [-0.25, -0.2) is 0 Å². The average Bonchev–Trinajstić information content (AvgIpc) is 2.55. The van der Waals surface area contributed by atoms with Crippen molar-refractivity contribution >= 4 is 6.29 Å². The summed E-state index contributed by atoms with van der Waals surface area (Å²) in [7, 11) is 0. The standard InChI is InChI=1S/C22H30O2/c1-18(2)9-7-10-19(3)11-8-12-20(4)15-16-24-22-14-6-5-13-21(22)17-23/h5-6,9,11,13-15,17H,7-8,10,12,16H2,1-4H3/b19-11?,20-15+. The largest absolute Gasteiger partial charge is 0.489 e. The Morgan fingerprint density at radius 1 is 0.917 bits per heavy atom. The van der Waals surface area contributed by atoms with E-state index < -0.39 is 0 Å². The van der Waals surface area contributed by atoms with Crippen LogP contribution in [0.15, 0.2) is 59.2 Å². The Kier molecular flexibility index (Phi) is 9.52. The fourth-order valence-electron chi connectivity index (χ4n) is 2.32. The van der Waals surface area contributed by atoms with Gasteiger partial charge in [-0.15, -0.1) is 0 Å². The normalized spacial score (nSPS) is 12.0. The third-order valence-electron chi connectivity index (χ3n) is 3.84. The van der Waals surface area contributed by atoms with Crippen LogP contribution in [0.3, 0.4) is 0 Å². The van der Waals surface area contributed by atoms with Gasteiger partial charge in [0, 0.05) is 0 Å². The van der Waals surface area contributed by atoms with E-state index in [1.165, 1.54) is 16.7 Å². The van der Waals surface area contributed by atoms with Crippen LogP contribution in [0.5, 0.6) is 5.75 Å². The predicted octanol–water partition coefficient (Wildman–Crippen LogP) is 6.30. The first-order valence-corrected chi connectivity index (χ1v) is 8.64. The quantitative estimate of drug-likeness (QED) is 0.372. The second-order valence-electron chi connectivity index (χ2n) is 6.43. The lowest BCUT2D eigenvalue weighted by atomic mass is 10.1. The minimum absolute atomic E-state index is 0.500. The second kappa shape index (κ2) is 11.4. The number of carbonyl (C=O) groups excluding carboxylic acids is 1. The van der Waals surface area contributed by atoms with Gasteiger partial charge in [0.2, 0.25) is 0 Å². The molecule has 0 aliphatic rings. The third-order valence-corrected chi connectivity index (χ3v) is 3.84. The van der Waals surface area contributed by atoms with Gasteiger partial charge < -0.3 is 4.74 Å². The molecular formula is C22H30O2. The first kappa shape index (κ1) is 20.0. The van der Waals surface area contributed by atoms with Crippen LogP contribution in [0.25, 0.3) is 0 Å². The molecule has 0 radical (unpaired) electrons. The molecule has 2 nitrogen and oxygen atoms in total. The topological polar surface area (TPSA) is 26.3 Å². The summed E-state index contributed by atoms with van der Waals surface area (Å²) >= 11 is 0. The summed E-state index contributed by atoms with van der Waals surface area (Å²) < 4.78 is 5.67. The number of carbonyl (C=O) groups is 1. The number of allylic oxidation sites excluding steroid dienone is 5. The smallest absolute Gasteiger partial charge is 0.153 e. The van der Waals surface area contributed by atoms with Crippen LogP contribution in [0, 0.1) is 0 Å². The van der Waals surface area contributed by atoms with E-state index in [0.717, 1.165) is 32.0 Å². The number of rotatable bonds is 10. The molecule has 0 bridgehead atoms. The first-order valence-electron chi connectivity index (χ1n) is 8.64. The minimum Gasteiger partial charge on any atom is -0.489 e. The van der Waals surface area contributed by atoms with E-state index >= 15 is 0 Å². The van der Waals surface area contributed by atoms with E-state index in [-0.39, 0.29) is 0 Å². The Morgan fingerprint density at radius 3 is 2.21 bits per heavy atom. The number of ether oxygens (including phenoxy) is 1. The van der Waals surface area contributed by atoms with Crippen molar-refractivity contribution in [3.05, 3.63) is 64.8 Å². The Labute approximate surface area is 146 Å². The van der Waals surface area contributed by atoms with Crippen LogP contribution in [-0.2, 0) is 0 Å². The van der Waals surface area contributed by atoms with E-state index in [1.807, 2.05) is 18.2 Å². The molecule has 2 heteroatoms. The zero-order chi connectivity index (χ0) is 17.8. The van der Waals surface area contributed by atoms with Crippen LogP contribution in [-0.4, -0.2) is 12.9 Å². The SMILES string of the molecule is CC(C)=CCCC(C)=CCC/C(C)=C/COc1ccccc1C=O. The predicted molar refractivity (Wildman–Crippen MR) is 103 cm³/mol. The summed E-state index contributed by atoms with van der Waals surface area (Å²) in [6, 6.07) is 7.30. The molecule has 0 aromatic heterocycles. The monoisotopic (exact) mass is 326 g/mol. The Balaban J connectivity index is 2.34. The summed E-state index contributed by atoms with van der Waals surface area (Å²) in [6.45, 7) is 9.12. The van der Waals surface area contributed by atoms with Gasteiger partial charge in [0.25, 0.3) is 0 Å². The maximum Gasteiger partial charge on any atom is 0.153 e. The highest BCUT2D eigenvalue weighted by Crippen LogP contribution is 2.16. The van der Waals surface area contributed by atoms with Crippen LogP contribution < -0.4 is 4.74 Å². The van der Waals surface area contributed by atoms with Crippen LogP contribution >= 0.6 is 0 Å². The van der Waals surface area contributed by atoms with Gasteiger partial charge >= 0.3 is 0 Å². The summed E-state index contributed by atoms with van der Waals surface area (Å²) in [6.07, 6.45) is 11.9. The van der Waals surface area contributed by atoms with E-state index in [0.29, 0.717) is 17.9 Å². The highest BCUT2D eigenvalue weighted by atomic mass is 16.5. The van der Waals surface area contributed by atoms with Gasteiger partial charge in [-0.3, -0.25) is 4.79 Å². The molecule has 0 saturated heterocycles. The first-order chi connectivity index (χ1) is 11.5. The van der Waals surface area contributed by atoms with Crippen molar-refractivity contribution in [1.82, 2.24) is 0 Å². The molecule has 0 saturated carbocycles. The Hall–Kier alpha value is -2.09. The van der Waals surface area contributed by atoms with Crippen molar-refractivity contribution in [3.8, 4) is 5.75 Å². The van der Waals surface area contributed by atoms with Gasteiger partial charge in [0.1, 0.15) is 12.4 Å². The zero-order valence-electron chi connectivity index (χ0n) is 15.5. The molecule has 0 N–H and O–H groups in total. The maximum absolute atomic E-state index is 10.9. The van der Waals surface area contributed by atoms with Crippen molar-refractivity contribution in [1.29, 1.82) is 0 Å². The molecule has 1 aromatic rings. The van der Waals surface area contributed by atoms with Crippen LogP contribution in [0.2, 0.25) is 0 Å². The van der Waals surface area contributed by atoms with Crippen molar-refractivity contribution < 1.29 is 9.53 Å². The number of hydrogen-bond donors (Lipinski definition) is 0. The van der Waals surface area contributed by atoms with Crippen molar-refractivity contribution in [2.45, 2.75) is 53.4 Å². The van der Waals surface area contributed by atoms with Gasteiger partial charge in [0.05, 0.1) is 5.56 Å². The van der Waals surface area contributed by atoms with E-state index in [2.05, 4.69) is 45.9 Å². The van der Waals surface area contributed by atoms with Gasteiger partial charge in [-0.2, -0.15) is 0 Å². The van der Waals surface area contributed by atoms with Crippen molar-refractivity contribution in [3.63, 3.8) is 0 Å². The summed E-state index contributed by atoms with van der Waals surface area (Å²) in [5.41, 5.74) is 4.75. The lowest BCUT2D eigenvalue weighted by Gasteiger charge is -2.06. The number of aldehydes is 1. The van der Waals surface area contributed by atoms with Crippen molar-refractivity contribution in [2.24, 2.45) is 0 Å². The average molecular weight is 326 g/mol. The molecule has 24 heavy (non-hydrogen) atoms. The molecule has 0 fully saturated rings. The molecule has 0 heterocycles. The minimum atomic E-state index is 0.500. The second-order valence-corrected chi connectivity index (χ2v) is 6.43. The van der Waals surface area contributed by atoms with E-state index in [9.17, 15) is 4.79 Å². The molecule has 0 amide bonds. The Morgan fingerprint density at radius 2 is 1.54 bits per heavy atom. The molecule has 0 unspecified atom stereocenters. The molecule has 1 aromatic carbocycles. The lowest BCUT2D eigenvalue weighted by molar-refractivity contribution is 0.112. The molecule has 0 aliphatic carbocycles. The number of benzene rings is 1. The molecule has 0 aliphatic heterocycles. The summed E-state index contributed by atoms with van der Waals surface area (Å²) in [5, 5.41) is 0. The molecule has 0 atom stereocenters. The molecular weight excluding hydrogens is 296 g/mol. The third kappa shape index (κ3) is 8.52. The fourth-order valence-corrected chi connectivity index (χ4v) is 2.32. The Bertz CT molecular complexity index is 602. The lowest BCUT2D eigenvalue weighted by Crippen LogP contribution is -1.97. The highest BCUT2D eigenvalue weighted by Gasteiger charge is 2.00. The number of para-hydroxylation sites is 1. The highest BCUT2D eigenvalue weighted by molar-refractivity contribution is 5.79. The van der Waals surface area contributed by atoms with Gasteiger partial charge in [-0.1, -0.05) is 41.0 Å². The fraction of sp³-hybridized carbons (Fsp3) is 0.409.